The van der Waals surface area contributed by atoms with E-state index in [-0.39, 0.29) is 5.91 Å². The van der Waals surface area contributed by atoms with Gasteiger partial charge in [0.05, 0.1) is 17.9 Å². The summed E-state index contributed by atoms with van der Waals surface area (Å²) in [4.78, 5) is 25.7. The number of nitrogens with two attached hydrogens (primary N) is 1. The molecule has 2 aromatic heterocycles. The zero-order valence-electron chi connectivity index (χ0n) is 12.0. The summed E-state index contributed by atoms with van der Waals surface area (Å²) in [5.41, 5.74) is 7.41. The van der Waals surface area contributed by atoms with Gasteiger partial charge in [0.15, 0.2) is 0 Å². The summed E-state index contributed by atoms with van der Waals surface area (Å²) in [6, 6.07) is 1.68. The topological polar surface area (TPSA) is 81.4 Å². The Morgan fingerprint density at radius 1 is 1.38 bits per heavy atom. The fraction of sp³-hybridized carbons (Fsp3) is 0.286. The first-order valence-electron chi connectivity index (χ1n) is 6.37. The molecular formula is C14H16N2O3S2. The van der Waals surface area contributed by atoms with Crippen LogP contribution in [0.3, 0.4) is 0 Å². The van der Waals surface area contributed by atoms with Gasteiger partial charge in [0.25, 0.3) is 5.91 Å². The molecule has 7 heteroatoms. The van der Waals surface area contributed by atoms with Crippen LogP contribution in [0.25, 0.3) is 0 Å². The van der Waals surface area contributed by atoms with E-state index in [0.29, 0.717) is 27.7 Å². The largest absolute Gasteiger partial charge is 0.462 e. The molecule has 2 heterocycles. The molecule has 5 nitrogen and oxygen atoms in total. The predicted molar refractivity (Wildman–Crippen MR) is 86.4 cm³/mol. The second kappa shape index (κ2) is 6.28. The molecule has 0 atom stereocenters. The molecule has 0 spiro atoms. The van der Waals surface area contributed by atoms with Gasteiger partial charge in [-0.3, -0.25) is 4.79 Å². The van der Waals surface area contributed by atoms with Gasteiger partial charge in [-0.25, -0.2) is 4.79 Å². The first-order chi connectivity index (χ1) is 9.95. The zero-order valence-corrected chi connectivity index (χ0v) is 13.6. The minimum Gasteiger partial charge on any atom is -0.462 e. The third-order valence-corrected chi connectivity index (χ3v) is 5.05. The summed E-state index contributed by atoms with van der Waals surface area (Å²) in [5.74, 6) is -0.733. The van der Waals surface area contributed by atoms with Crippen molar-refractivity contribution < 1.29 is 14.3 Å². The van der Waals surface area contributed by atoms with Gasteiger partial charge in [-0.05, 0) is 37.8 Å². The lowest BCUT2D eigenvalue weighted by molar-refractivity contribution is 0.0527. The summed E-state index contributed by atoms with van der Waals surface area (Å²) in [7, 11) is 0. The lowest BCUT2D eigenvalue weighted by Crippen LogP contribution is -2.14. The van der Waals surface area contributed by atoms with Crippen molar-refractivity contribution in [1.29, 1.82) is 0 Å². The second-order valence-corrected chi connectivity index (χ2v) is 6.51. The molecule has 1 amide bonds. The Morgan fingerprint density at radius 3 is 2.67 bits per heavy atom. The van der Waals surface area contributed by atoms with Gasteiger partial charge >= 0.3 is 5.97 Å². The van der Waals surface area contributed by atoms with E-state index in [2.05, 4.69) is 5.32 Å². The number of carbonyl (C=O) groups is 2. The minimum absolute atomic E-state index is 0.290. The fourth-order valence-corrected chi connectivity index (χ4v) is 3.58. The van der Waals surface area contributed by atoms with E-state index in [1.807, 2.05) is 13.8 Å². The molecule has 0 aliphatic rings. The van der Waals surface area contributed by atoms with Gasteiger partial charge < -0.3 is 15.8 Å². The monoisotopic (exact) mass is 324 g/mol. The molecule has 0 bridgehead atoms. The summed E-state index contributed by atoms with van der Waals surface area (Å²) in [6.07, 6.45) is 0. The van der Waals surface area contributed by atoms with E-state index < -0.39 is 5.97 Å². The lowest BCUT2D eigenvalue weighted by atomic mass is 10.1. The molecule has 0 aromatic carbocycles. The molecular weight excluding hydrogens is 308 g/mol. The molecule has 21 heavy (non-hydrogen) atoms. The predicted octanol–water partition coefficient (Wildman–Crippen LogP) is 3.44. The highest BCUT2D eigenvalue weighted by molar-refractivity contribution is 7.17. The summed E-state index contributed by atoms with van der Waals surface area (Å²) in [6.45, 7) is 5.78. The highest BCUT2D eigenvalue weighted by atomic mass is 32.1. The van der Waals surface area contributed by atoms with E-state index in [0.717, 1.165) is 10.4 Å². The Labute approximate surface area is 130 Å². The zero-order chi connectivity index (χ0) is 15.6. The number of aryl methyl sites for hydroxylation is 1. The van der Waals surface area contributed by atoms with Crippen molar-refractivity contribution in [2.45, 2.75) is 20.8 Å². The van der Waals surface area contributed by atoms with Crippen molar-refractivity contribution in [2.75, 3.05) is 17.7 Å². The summed E-state index contributed by atoms with van der Waals surface area (Å²) >= 11 is 2.62. The highest BCUT2D eigenvalue weighted by Gasteiger charge is 2.23. The normalized spacial score (nSPS) is 10.4. The van der Waals surface area contributed by atoms with Gasteiger partial charge in [0, 0.05) is 4.88 Å². The van der Waals surface area contributed by atoms with Gasteiger partial charge in [-0.2, -0.15) is 0 Å². The number of rotatable bonds is 4. The Kier molecular flexibility index (Phi) is 4.64. The number of hydrogen-bond acceptors (Lipinski definition) is 6. The van der Waals surface area contributed by atoms with Crippen LogP contribution in [0.15, 0.2) is 11.4 Å². The molecule has 3 N–H and O–H groups in total. The number of anilines is 2. The number of nitrogen functional groups attached to an aromatic ring is 1. The van der Waals surface area contributed by atoms with Crippen LogP contribution in [0.4, 0.5) is 10.7 Å². The molecule has 112 valence electrons. The molecule has 0 saturated heterocycles. The number of thiophene rings is 2. The number of carbonyl (C=O) groups excluding carboxylic acids is 2. The maximum absolute atomic E-state index is 12.2. The van der Waals surface area contributed by atoms with Crippen molar-refractivity contribution in [3.05, 3.63) is 32.3 Å². The van der Waals surface area contributed by atoms with E-state index in [9.17, 15) is 9.59 Å². The quantitative estimate of drug-likeness (QED) is 0.844. The molecule has 0 radical (unpaired) electrons. The molecule has 0 unspecified atom stereocenters. The fourth-order valence-electron chi connectivity index (χ4n) is 1.83. The van der Waals surface area contributed by atoms with Crippen molar-refractivity contribution in [3.63, 3.8) is 0 Å². The van der Waals surface area contributed by atoms with Crippen molar-refractivity contribution in [1.82, 2.24) is 0 Å². The van der Waals surface area contributed by atoms with Crippen LogP contribution < -0.4 is 11.1 Å². The minimum atomic E-state index is -0.422. The number of nitrogens with one attached hydrogen (secondary N) is 1. The Bertz CT molecular complexity index is 688. The van der Waals surface area contributed by atoms with Gasteiger partial charge in [-0.1, -0.05) is 0 Å². The standard InChI is InChI=1S/C14H16N2O3S2/c1-4-19-14(18)10-7(2)8(3)21-13(10)16-12(17)11-9(15)5-6-20-11/h5-6H,4,15H2,1-3H3,(H,16,17). The maximum atomic E-state index is 12.2. The van der Waals surface area contributed by atoms with Crippen molar-refractivity contribution >= 4 is 45.2 Å². The number of ether oxygens (including phenoxy) is 1. The molecule has 0 saturated carbocycles. The van der Waals surface area contributed by atoms with E-state index in [4.69, 9.17) is 10.5 Å². The molecule has 2 aromatic rings. The van der Waals surface area contributed by atoms with Crippen molar-refractivity contribution in [2.24, 2.45) is 0 Å². The van der Waals surface area contributed by atoms with Crippen LogP contribution in [-0.2, 0) is 4.74 Å². The maximum Gasteiger partial charge on any atom is 0.341 e. The van der Waals surface area contributed by atoms with E-state index in [1.54, 1.807) is 18.4 Å². The second-order valence-electron chi connectivity index (χ2n) is 4.37. The molecule has 0 fully saturated rings. The number of esters is 1. The van der Waals surface area contributed by atoms with Crippen LogP contribution in [0.2, 0.25) is 0 Å². The first kappa shape index (κ1) is 15.5. The number of amides is 1. The molecule has 0 aliphatic carbocycles. The first-order valence-corrected chi connectivity index (χ1v) is 8.06. The van der Waals surface area contributed by atoms with Crippen LogP contribution >= 0.6 is 22.7 Å². The van der Waals surface area contributed by atoms with Gasteiger partial charge in [0.1, 0.15) is 9.88 Å². The smallest absolute Gasteiger partial charge is 0.341 e. The lowest BCUT2D eigenvalue weighted by Gasteiger charge is -2.06. The van der Waals surface area contributed by atoms with E-state index >= 15 is 0 Å². The third-order valence-electron chi connectivity index (χ3n) is 2.99. The summed E-state index contributed by atoms with van der Waals surface area (Å²) in [5, 5.41) is 5.02. The average Bonchev–Trinajstić information content (AvgIpc) is 2.95. The SMILES string of the molecule is CCOC(=O)c1c(NC(=O)c2sccc2N)sc(C)c1C. The van der Waals surface area contributed by atoms with Crippen LogP contribution in [0.5, 0.6) is 0 Å². The Balaban J connectivity index is 2.32. The van der Waals surface area contributed by atoms with Crippen molar-refractivity contribution in [3.8, 4) is 0 Å². The van der Waals surface area contributed by atoms with Crippen LogP contribution in [-0.4, -0.2) is 18.5 Å². The molecule has 0 aliphatic heterocycles. The van der Waals surface area contributed by atoms with Gasteiger partial charge in [-0.15, -0.1) is 22.7 Å². The average molecular weight is 324 g/mol. The summed E-state index contributed by atoms with van der Waals surface area (Å²) < 4.78 is 5.05. The third kappa shape index (κ3) is 3.08. The van der Waals surface area contributed by atoms with Crippen LogP contribution in [0, 0.1) is 13.8 Å². The highest BCUT2D eigenvalue weighted by Crippen LogP contribution is 2.34. The van der Waals surface area contributed by atoms with Crippen LogP contribution in [0.1, 0.15) is 37.4 Å². The Morgan fingerprint density at radius 2 is 2.10 bits per heavy atom. The Hall–Kier alpha value is -1.86. The molecule has 2 rings (SSSR count). The van der Waals surface area contributed by atoms with Gasteiger partial charge in [0.2, 0.25) is 0 Å². The number of hydrogen-bond donors (Lipinski definition) is 2. The van der Waals surface area contributed by atoms with E-state index in [1.165, 1.54) is 22.7 Å².